The molecule has 1 fully saturated rings. The summed E-state index contributed by atoms with van der Waals surface area (Å²) in [6.07, 6.45) is 4.99. The second-order valence-electron chi connectivity index (χ2n) is 5.13. The molecule has 17 heavy (non-hydrogen) atoms. The molecule has 0 unspecified atom stereocenters. The Bertz CT molecular complexity index is 400. The fourth-order valence-electron chi connectivity index (χ4n) is 2.23. The summed E-state index contributed by atoms with van der Waals surface area (Å²) < 4.78 is 5.41. The number of hydrogen-bond donors (Lipinski definition) is 0. The summed E-state index contributed by atoms with van der Waals surface area (Å²) in [7, 11) is 1.67. The fraction of sp³-hybridized carbons (Fsp3) is 0.692. The van der Waals surface area contributed by atoms with Crippen molar-refractivity contribution < 1.29 is 4.74 Å². The predicted octanol–water partition coefficient (Wildman–Crippen LogP) is 3.67. The van der Waals surface area contributed by atoms with Gasteiger partial charge in [0.2, 0.25) is 0 Å². The Morgan fingerprint density at radius 2 is 1.94 bits per heavy atom. The molecule has 4 heteroatoms. The first kappa shape index (κ1) is 12.8. The van der Waals surface area contributed by atoms with E-state index in [9.17, 15) is 0 Å². The molecular weight excluding hydrogens is 236 g/mol. The lowest BCUT2D eigenvalue weighted by molar-refractivity contribution is 0.0112. The van der Waals surface area contributed by atoms with Gasteiger partial charge < -0.3 is 4.74 Å². The van der Waals surface area contributed by atoms with E-state index in [-0.39, 0.29) is 0 Å². The second kappa shape index (κ2) is 4.91. The van der Waals surface area contributed by atoms with Crippen LogP contribution >= 0.6 is 11.6 Å². The van der Waals surface area contributed by atoms with Crippen LogP contribution in [0.25, 0.3) is 0 Å². The van der Waals surface area contributed by atoms with Crippen LogP contribution in [0.5, 0.6) is 0 Å². The third-order valence-corrected chi connectivity index (χ3v) is 3.73. The van der Waals surface area contributed by atoms with Gasteiger partial charge in [0.25, 0.3) is 0 Å². The standard InChI is InChI=1S/C13H19ClN2O/c1-13(2,17-3)12-15-10(8-11(14)16-12)9-6-4-5-7-9/h8-9H,4-7H2,1-3H3. The van der Waals surface area contributed by atoms with Gasteiger partial charge in [0, 0.05) is 18.7 Å². The Balaban J connectivity index is 2.35. The number of aromatic nitrogens is 2. The molecular formula is C13H19ClN2O. The summed E-state index contributed by atoms with van der Waals surface area (Å²) in [6, 6.07) is 1.90. The van der Waals surface area contributed by atoms with E-state index < -0.39 is 5.60 Å². The zero-order valence-corrected chi connectivity index (χ0v) is 11.4. The molecule has 1 aromatic rings. The molecule has 1 saturated carbocycles. The van der Waals surface area contributed by atoms with Crippen molar-refractivity contribution in [2.75, 3.05) is 7.11 Å². The van der Waals surface area contributed by atoms with Crippen LogP contribution in [0, 0.1) is 0 Å². The molecule has 94 valence electrons. The number of methoxy groups -OCH3 is 1. The first-order chi connectivity index (χ1) is 8.03. The average Bonchev–Trinajstić information content (AvgIpc) is 2.81. The van der Waals surface area contributed by atoms with Crippen molar-refractivity contribution in [1.29, 1.82) is 0 Å². The highest BCUT2D eigenvalue weighted by molar-refractivity contribution is 6.29. The van der Waals surface area contributed by atoms with E-state index >= 15 is 0 Å². The minimum absolute atomic E-state index is 0.488. The van der Waals surface area contributed by atoms with Gasteiger partial charge >= 0.3 is 0 Å². The van der Waals surface area contributed by atoms with Crippen LogP contribution < -0.4 is 0 Å². The lowest BCUT2D eigenvalue weighted by Gasteiger charge is -2.22. The summed E-state index contributed by atoms with van der Waals surface area (Å²) in [4.78, 5) is 8.91. The maximum Gasteiger partial charge on any atom is 0.161 e. The Labute approximate surface area is 108 Å². The molecule has 1 aromatic heterocycles. The molecule has 2 rings (SSSR count). The third kappa shape index (κ3) is 2.78. The monoisotopic (exact) mass is 254 g/mol. The summed E-state index contributed by atoms with van der Waals surface area (Å²) in [5.74, 6) is 1.22. The lowest BCUT2D eigenvalue weighted by Crippen LogP contribution is -2.24. The minimum Gasteiger partial charge on any atom is -0.371 e. The normalized spacial score (nSPS) is 17.6. The molecule has 3 nitrogen and oxygen atoms in total. The van der Waals surface area contributed by atoms with Crippen LogP contribution in [0.15, 0.2) is 6.07 Å². The van der Waals surface area contributed by atoms with Gasteiger partial charge in [-0.05, 0) is 32.8 Å². The molecule has 1 aliphatic rings. The van der Waals surface area contributed by atoms with Gasteiger partial charge in [-0.1, -0.05) is 24.4 Å². The highest BCUT2D eigenvalue weighted by Crippen LogP contribution is 2.34. The summed E-state index contributed by atoms with van der Waals surface area (Å²) in [5, 5.41) is 0.516. The molecule has 0 amide bonds. The fourth-order valence-corrected chi connectivity index (χ4v) is 2.42. The van der Waals surface area contributed by atoms with Gasteiger partial charge in [-0.25, -0.2) is 9.97 Å². The van der Waals surface area contributed by atoms with Crippen molar-refractivity contribution in [2.24, 2.45) is 0 Å². The Kier molecular flexibility index (Phi) is 3.69. The van der Waals surface area contributed by atoms with Crippen LogP contribution in [0.1, 0.15) is 57.0 Å². The van der Waals surface area contributed by atoms with E-state index in [1.54, 1.807) is 7.11 Å². The first-order valence-corrected chi connectivity index (χ1v) is 6.51. The molecule has 0 saturated heterocycles. The Morgan fingerprint density at radius 1 is 1.29 bits per heavy atom. The Hall–Kier alpha value is -0.670. The SMILES string of the molecule is COC(C)(C)c1nc(Cl)cc(C2CCCC2)n1. The van der Waals surface area contributed by atoms with Crippen molar-refractivity contribution >= 4 is 11.6 Å². The molecule has 0 N–H and O–H groups in total. The van der Waals surface area contributed by atoms with Crippen LogP contribution in [0.3, 0.4) is 0 Å². The van der Waals surface area contributed by atoms with Crippen molar-refractivity contribution in [3.8, 4) is 0 Å². The molecule has 0 aliphatic heterocycles. The second-order valence-corrected chi connectivity index (χ2v) is 5.52. The highest BCUT2D eigenvalue weighted by atomic mass is 35.5. The van der Waals surface area contributed by atoms with Crippen molar-refractivity contribution in [3.05, 3.63) is 22.7 Å². The number of rotatable bonds is 3. The lowest BCUT2D eigenvalue weighted by atomic mass is 10.0. The van der Waals surface area contributed by atoms with E-state index in [1.807, 2.05) is 19.9 Å². The van der Waals surface area contributed by atoms with E-state index in [0.717, 1.165) is 5.69 Å². The van der Waals surface area contributed by atoms with Crippen LogP contribution in [0.4, 0.5) is 0 Å². The van der Waals surface area contributed by atoms with Gasteiger partial charge in [-0.3, -0.25) is 0 Å². The van der Waals surface area contributed by atoms with E-state index in [1.165, 1.54) is 25.7 Å². The molecule has 0 aromatic carbocycles. The number of ether oxygens (including phenoxy) is 1. The largest absolute Gasteiger partial charge is 0.371 e. The third-order valence-electron chi connectivity index (χ3n) is 3.54. The van der Waals surface area contributed by atoms with E-state index in [0.29, 0.717) is 16.9 Å². The smallest absolute Gasteiger partial charge is 0.161 e. The highest BCUT2D eigenvalue weighted by Gasteiger charge is 2.26. The van der Waals surface area contributed by atoms with Gasteiger partial charge in [0.05, 0.1) is 0 Å². The number of halogens is 1. The van der Waals surface area contributed by atoms with Gasteiger partial charge in [0.15, 0.2) is 5.82 Å². The topological polar surface area (TPSA) is 35.0 Å². The van der Waals surface area contributed by atoms with Crippen molar-refractivity contribution in [2.45, 2.75) is 51.0 Å². The van der Waals surface area contributed by atoms with Gasteiger partial charge in [-0.15, -0.1) is 0 Å². The van der Waals surface area contributed by atoms with Gasteiger partial charge in [0.1, 0.15) is 10.8 Å². The molecule has 0 atom stereocenters. The summed E-state index contributed by atoms with van der Waals surface area (Å²) in [6.45, 7) is 3.91. The predicted molar refractivity (Wildman–Crippen MR) is 68.3 cm³/mol. The van der Waals surface area contributed by atoms with Crippen LogP contribution in [0.2, 0.25) is 5.15 Å². The van der Waals surface area contributed by atoms with Crippen molar-refractivity contribution in [1.82, 2.24) is 9.97 Å². The molecule has 0 spiro atoms. The average molecular weight is 255 g/mol. The maximum absolute atomic E-state index is 6.08. The van der Waals surface area contributed by atoms with Crippen LogP contribution in [-0.4, -0.2) is 17.1 Å². The zero-order valence-electron chi connectivity index (χ0n) is 10.7. The summed E-state index contributed by atoms with van der Waals surface area (Å²) >= 11 is 6.08. The molecule has 1 aliphatic carbocycles. The number of hydrogen-bond acceptors (Lipinski definition) is 3. The van der Waals surface area contributed by atoms with Crippen molar-refractivity contribution in [3.63, 3.8) is 0 Å². The Morgan fingerprint density at radius 3 is 2.53 bits per heavy atom. The molecule has 1 heterocycles. The van der Waals surface area contributed by atoms with Gasteiger partial charge in [-0.2, -0.15) is 0 Å². The quantitative estimate of drug-likeness (QED) is 0.772. The van der Waals surface area contributed by atoms with Crippen LogP contribution in [-0.2, 0) is 10.3 Å². The van der Waals surface area contributed by atoms with E-state index in [2.05, 4.69) is 9.97 Å². The maximum atomic E-state index is 6.08. The minimum atomic E-state index is -0.488. The molecule has 0 radical (unpaired) electrons. The summed E-state index contributed by atoms with van der Waals surface area (Å²) in [5.41, 5.74) is 0.584. The van der Waals surface area contributed by atoms with E-state index in [4.69, 9.17) is 16.3 Å². The molecule has 0 bridgehead atoms. The number of nitrogens with zero attached hydrogens (tertiary/aromatic N) is 2. The zero-order chi connectivity index (χ0) is 12.5. The first-order valence-electron chi connectivity index (χ1n) is 6.13.